The molecular weight excluding hydrogens is 367 g/mol. The Balaban J connectivity index is 0.000000902. The Hall–Kier alpha value is 0.680. The number of thiophene rings is 1. The van der Waals surface area contributed by atoms with Crippen LogP contribution >= 0.6 is 52.1 Å². The first kappa shape index (κ1) is 17.7. The average molecular weight is 388 g/mol. The van der Waals surface area contributed by atoms with Gasteiger partial charge < -0.3 is 5.32 Å². The number of aryl methyl sites for hydroxylation is 1. The number of nitrogens with one attached hydrogen (secondary N) is 1. The molecule has 1 aromatic heterocycles. The van der Waals surface area contributed by atoms with Crippen LogP contribution < -0.4 is 5.32 Å². The summed E-state index contributed by atoms with van der Waals surface area (Å²) < 4.78 is 1.31. The van der Waals surface area contributed by atoms with Crippen molar-refractivity contribution in [1.29, 1.82) is 0 Å². The van der Waals surface area contributed by atoms with Crippen molar-refractivity contribution in [2.24, 2.45) is 5.92 Å². The topological polar surface area (TPSA) is 15.3 Å². The van der Waals surface area contributed by atoms with Crippen LogP contribution in [0.4, 0.5) is 0 Å². The summed E-state index contributed by atoms with van der Waals surface area (Å²) in [7, 11) is 0. The van der Waals surface area contributed by atoms with E-state index < -0.39 is 0 Å². The number of rotatable bonds is 3. The Morgan fingerprint density at radius 3 is 2.42 bits per heavy atom. The Bertz CT molecular complexity index is 384. The van der Waals surface area contributed by atoms with Crippen LogP contribution in [0.15, 0.2) is 9.85 Å². The maximum atomic E-state index is 3.67. The molecule has 1 aromatic rings. The maximum absolute atomic E-state index is 3.67. The van der Waals surface area contributed by atoms with Crippen LogP contribution in [0.2, 0.25) is 0 Å². The summed E-state index contributed by atoms with van der Waals surface area (Å²) in [4.78, 5) is 4.25. The van der Waals surface area contributed by atoms with Gasteiger partial charge in [0.25, 0.3) is 0 Å². The van der Waals surface area contributed by atoms with Crippen molar-refractivity contribution in [2.75, 3.05) is 26.2 Å². The van der Waals surface area contributed by atoms with Gasteiger partial charge in [0.05, 0.1) is 3.79 Å². The van der Waals surface area contributed by atoms with Gasteiger partial charge in [0.15, 0.2) is 0 Å². The highest BCUT2D eigenvalue weighted by atomic mass is 79.9. The van der Waals surface area contributed by atoms with E-state index in [1.54, 1.807) is 4.88 Å². The third-order valence-electron chi connectivity index (χ3n) is 3.78. The normalized spacial score (nSPS) is 21.4. The van der Waals surface area contributed by atoms with Gasteiger partial charge in [-0.25, -0.2) is 0 Å². The van der Waals surface area contributed by atoms with Crippen LogP contribution in [0.25, 0.3) is 0 Å². The quantitative estimate of drug-likeness (QED) is 0.842. The van der Waals surface area contributed by atoms with Gasteiger partial charge in [0, 0.05) is 37.1 Å². The lowest BCUT2D eigenvalue weighted by atomic mass is 10.1. The van der Waals surface area contributed by atoms with E-state index in [1.165, 1.54) is 35.3 Å². The fraction of sp³-hybridized carbons (Fsp3) is 0.692. The number of halogens is 3. The minimum absolute atomic E-state index is 0. The van der Waals surface area contributed by atoms with Gasteiger partial charge in [0.2, 0.25) is 0 Å². The molecule has 0 aromatic carbocycles. The number of hydrogen-bond donors (Lipinski definition) is 1. The first-order valence-electron chi connectivity index (χ1n) is 6.46. The van der Waals surface area contributed by atoms with Crippen molar-refractivity contribution in [3.63, 3.8) is 0 Å². The molecular formula is C13H21BrCl2N2S. The maximum Gasteiger partial charge on any atom is 0.0731 e. The highest BCUT2D eigenvalue weighted by Crippen LogP contribution is 2.47. The summed E-state index contributed by atoms with van der Waals surface area (Å²) in [6.07, 6.45) is 2.84. The molecule has 2 fully saturated rings. The second-order valence-corrected chi connectivity index (χ2v) is 7.58. The molecule has 1 aliphatic carbocycles. The molecule has 0 radical (unpaired) electrons. The van der Waals surface area contributed by atoms with Crippen molar-refractivity contribution in [3.05, 3.63) is 20.3 Å². The van der Waals surface area contributed by atoms with Gasteiger partial charge in [0.1, 0.15) is 0 Å². The monoisotopic (exact) mass is 386 g/mol. The third kappa shape index (κ3) is 4.08. The van der Waals surface area contributed by atoms with Crippen molar-refractivity contribution < 1.29 is 0 Å². The highest BCUT2D eigenvalue weighted by molar-refractivity contribution is 9.11. The smallest absolute Gasteiger partial charge is 0.0731 e. The zero-order chi connectivity index (χ0) is 11.8. The zero-order valence-corrected chi connectivity index (χ0v) is 15.1. The fourth-order valence-corrected chi connectivity index (χ4v) is 4.51. The molecule has 0 amide bonds. The van der Waals surface area contributed by atoms with E-state index >= 15 is 0 Å². The molecule has 2 nitrogen and oxygen atoms in total. The lowest BCUT2D eigenvalue weighted by Gasteiger charge is -2.34. The molecule has 19 heavy (non-hydrogen) atoms. The number of piperazine rings is 1. The number of nitrogens with zero attached hydrogens (tertiary/aromatic N) is 1. The molecule has 1 aliphatic heterocycles. The molecule has 1 N–H and O–H groups in total. The summed E-state index contributed by atoms with van der Waals surface area (Å²) in [5.41, 5.74) is 1.39. The Kier molecular flexibility index (Phi) is 7.11. The molecule has 1 atom stereocenters. The minimum Gasteiger partial charge on any atom is -0.314 e. The molecule has 0 bridgehead atoms. The first-order valence-corrected chi connectivity index (χ1v) is 8.07. The van der Waals surface area contributed by atoms with E-state index in [9.17, 15) is 0 Å². The van der Waals surface area contributed by atoms with E-state index in [1.807, 2.05) is 11.3 Å². The van der Waals surface area contributed by atoms with Gasteiger partial charge in [-0.3, -0.25) is 4.90 Å². The molecule has 3 rings (SSSR count). The van der Waals surface area contributed by atoms with Crippen LogP contribution in [0, 0.1) is 12.8 Å². The molecule has 1 saturated carbocycles. The van der Waals surface area contributed by atoms with Gasteiger partial charge in [-0.1, -0.05) is 0 Å². The molecule has 6 heteroatoms. The first-order chi connectivity index (χ1) is 8.25. The lowest BCUT2D eigenvalue weighted by molar-refractivity contribution is 0.158. The molecule has 110 valence electrons. The van der Waals surface area contributed by atoms with Crippen LogP contribution in [-0.2, 0) is 0 Å². The van der Waals surface area contributed by atoms with Crippen LogP contribution in [0.5, 0.6) is 0 Å². The average Bonchev–Trinajstić information content (AvgIpc) is 3.09. The summed E-state index contributed by atoms with van der Waals surface area (Å²) in [6.45, 7) is 6.90. The SMILES string of the molecule is Cc1cc([C@H](C2CC2)N2CCNCC2)sc1Br.Cl.Cl. The standard InChI is InChI=1S/C13H19BrN2S.2ClH/c1-9-8-11(17-13(9)14)12(10-2-3-10)16-6-4-15-5-7-16;;/h8,10,12,15H,2-7H2,1H3;2*1H/t12-;;/m0../s1. The summed E-state index contributed by atoms with van der Waals surface area (Å²) in [5, 5.41) is 3.45. The van der Waals surface area contributed by atoms with Gasteiger partial charge in [-0.05, 0) is 53.2 Å². The molecule has 0 spiro atoms. The summed E-state index contributed by atoms with van der Waals surface area (Å²) >= 11 is 5.60. The van der Waals surface area contributed by atoms with E-state index in [0.29, 0.717) is 6.04 Å². The highest BCUT2D eigenvalue weighted by Gasteiger charge is 2.37. The van der Waals surface area contributed by atoms with Crippen LogP contribution in [0.3, 0.4) is 0 Å². The Morgan fingerprint density at radius 2 is 1.95 bits per heavy atom. The van der Waals surface area contributed by atoms with E-state index in [-0.39, 0.29) is 24.8 Å². The summed E-state index contributed by atoms with van der Waals surface area (Å²) in [5.74, 6) is 0.915. The zero-order valence-electron chi connectivity index (χ0n) is 11.0. The van der Waals surface area contributed by atoms with Gasteiger partial charge in [-0.15, -0.1) is 36.2 Å². The number of hydrogen-bond acceptors (Lipinski definition) is 3. The van der Waals surface area contributed by atoms with Crippen LogP contribution in [0.1, 0.15) is 29.3 Å². The second kappa shape index (κ2) is 7.62. The van der Waals surface area contributed by atoms with E-state index in [4.69, 9.17) is 0 Å². The Morgan fingerprint density at radius 1 is 1.32 bits per heavy atom. The predicted molar refractivity (Wildman–Crippen MR) is 91.2 cm³/mol. The van der Waals surface area contributed by atoms with Crippen molar-refractivity contribution >= 4 is 52.1 Å². The van der Waals surface area contributed by atoms with Crippen molar-refractivity contribution in [2.45, 2.75) is 25.8 Å². The van der Waals surface area contributed by atoms with E-state index in [0.717, 1.165) is 19.0 Å². The van der Waals surface area contributed by atoms with Crippen LogP contribution in [-0.4, -0.2) is 31.1 Å². The fourth-order valence-electron chi connectivity index (χ4n) is 2.71. The second-order valence-electron chi connectivity index (χ2n) is 5.17. The lowest BCUT2D eigenvalue weighted by Crippen LogP contribution is -2.45. The van der Waals surface area contributed by atoms with Crippen molar-refractivity contribution in [3.8, 4) is 0 Å². The van der Waals surface area contributed by atoms with E-state index in [2.05, 4.69) is 39.1 Å². The molecule has 2 heterocycles. The van der Waals surface area contributed by atoms with Crippen molar-refractivity contribution in [1.82, 2.24) is 10.2 Å². The summed E-state index contributed by atoms with van der Waals surface area (Å²) in [6, 6.07) is 3.08. The predicted octanol–water partition coefficient (Wildman–Crippen LogP) is 4.02. The van der Waals surface area contributed by atoms with Gasteiger partial charge in [-0.2, -0.15) is 0 Å². The van der Waals surface area contributed by atoms with Gasteiger partial charge >= 0.3 is 0 Å². The largest absolute Gasteiger partial charge is 0.314 e. The molecule has 2 aliphatic rings. The molecule has 1 saturated heterocycles. The minimum atomic E-state index is 0. The third-order valence-corrected chi connectivity index (χ3v) is 5.99. The Labute approximate surface area is 140 Å². The molecule has 0 unspecified atom stereocenters.